The first-order chi connectivity index (χ1) is 15.5. The molecule has 2 N–H and O–H groups in total. The number of aromatic nitrogens is 1. The largest absolute Gasteiger partial charge is 0.325 e. The number of carbonyl (C=O) groups is 2. The second-order valence-corrected chi connectivity index (χ2v) is 8.11. The lowest BCUT2D eigenvalue weighted by Crippen LogP contribution is -2.19. The van der Waals surface area contributed by atoms with Gasteiger partial charge in [0.15, 0.2) is 0 Å². The molecule has 0 aliphatic rings. The Bertz CT molecular complexity index is 1290. The number of benzene rings is 3. The number of nitrogens with zero attached hydrogens (tertiary/aromatic N) is 1. The minimum absolute atomic E-state index is 0.0413. The summed E-state index contributed by atoms with van der Waals surface area (Å²) in [7, 11) is 0. The molecule has 0 atom stereocenters. The fraction of sp³-hybridized carbons (Fsp3) is 0.0800. The van der Waals surface area contributed by atoms with Crippen LogP contribution in [-0.2, 0) is 11.2 Å². The van der Waals surface area contributed by atoms with Crippen molar-refractivity contribution in [3.63, 3.8) is 0 Å². The Kier molecular flexibility index (Phi) is 6.37. The van der Waals surface area contributed by atoms with Crippen molar-refractivity contribution in [2.24, 2.45) is 0 Å². The van der Waals surface area contributed by atoms with Crippen LogP contribution in [-0.4, -0.2) is 16.8 Å². The second kappa shape index (κ2) is 9.53. The van der Waals surface area contributed by atoms with Crippen LogP contribution in [0.3, 0.4) is 0 Å². The summed E-state index contributed by atoms with van der Waals surface area (Å²) >= 11 is 1.35. The Morgan fingerprint density at radius 3 is 2.59 bits per heavy atom. The first-order valence-corrected chi connectivity index (χ1v) is 10.8. The summed E-state index contributed by atoms with van der Waals surface area (Å²) in [5.74, 6) is -0.942. The molecule has 1 heterocycles. The molecule has 0 radical (unpaired) electrons. The molecule has 0 aliphatic heterocycles. The molecule has 0 fully saturated rings. The Hall–Kier alpha value is -3.84. The van der Waals surface area contributed by atoms with Crippen molar-refractivity contribution < 1.29 is 14.0 Å². The monoisotopic (exact) mass is 445 g/mol. The lowest BCUT2D eigenvalue weighted by molar-refractivity contribution is -0.115. The Morgan fingerprint density at radius 2 is 1.78 bits per heavy atom. The minimum atomic E-state index is -0.336. The number of hydrogen-bond acceptors (Lipinski definition) is 4. The molecular weight excluding hydrogens is 425 g/mol. The van der Waals surface area contributed by atoms with Crippen molar-refractivity contribution in [2.45, 2.75) is 13.3 Å². The third-order valence-electron chi connectivity index (χ3n) is 4.69. The molecule has 5 nitrogen and oxygen atoms in total. The molecule has 0 spiro atoms. The molecule has 0 bridgehead atoms. The molecule has 32 heavy (non-hydrogen) atoms. The molecular formula is C25H20FN3O2S. The Morgan fingerprint density at radius 1 is 0.969 bits per heavy atom. The van der Waals surface area contributed by atoms with Crippen molar-refractivity contribution in [3.8, 4) is 10.6 Å². The van der Waals surface area contributed by atoms with Crippen LogP contribution in [0.25, 0.3) is 10.6 Å². The summed E-state index contributed by atoms with van der Waals surface area (Å²) in [4.78, 5) is 29.8. The van der Waals surface area contributed by atoms with Gasteiger partial charge in [-0.25, -0.2) is 9.37 Å². The lowest BCUT2D eigenvalue weighted by Gasteiger charge is -2.11. The molecule has 2 amide bonds. The van der Waals surface area contributed by atoms with Crippen molar-refractivity contribution in [2.75, 3.05) is 10.6 Å². The molecule has 7 heteroatoms. The van der Waals surface area contributed by atoms with Gasteiger partial charge in [-0.1, -0.05) is 36.4 Å². The quantitative estimate of drug-likeness (QED) is 0.400. The van der Waals surface area contributed by atoms with Gasteiger partial charge in [-0.3, -0.25) is 9.59 Å². The minimum Gasteiger partial charge on any atom is -0.325 e. The molecule has 0 unspecified atom stereocenters. The van der Waals surface area contributed by atoms with Gasteiger partial charge in [0.2, 0.25) is 5.91 Å². The van der Waals surface area contributed by atoms with Gasteiger partial charge in [-0.05, 0) is 48.9 Å². The van der Waals surface area contributed by atoms with E-state index in [0.29, 0.717) is 33.2 Å². The molecule has 4 aromatic rings. The normalized spacial score (nSPS) is 10.6. The van der Waals surface area contributed by atoms with E-state index in [2.05, 4.69) is 15.6 Å². The fourth-order valence-electron chi connectivity index (χ4n) is 3.21. The van der Waals surface area contributed by atoms with Crippen LogP contribution < -0.4 is 10.6 Å². The molecule has 0 saturated heterocycles. The van der Waals surface area contributed by atoms with Crippen LogP contribution in [0.1, 0.15) is 21.6 Å². The van der Waals surface area contributed by atoms with E-state index in [9.17, 15) is 14.0 Å². The SMILES string of the molecule is Cc1cccc(NC(=O)c2ccccc2NC(=O)Cc2csc(-c3cccc(F)c3)n2)c1. The van der Waals surface area contributed by atoms with Crippen molar-refractivity contribution >= 4 is 34.5 Å². The number of anilines is 2. The molecule has 1 aromatic heterocycles. The summed E-state index contributed by atoms with van der Waals surface area (Å²) in [6.07, 6.45) is 0.0413. The molecule has 3 aromatic carbocycles. The van der Waals surface area contributed by atoms with Crippen LogP contribution in [0, 0.1) is 12.7 Å². The van der Waals surface area contributed by atoms with E-state index >= 15 is 0 Å². The number of hydrogen-bond donors (Lipinski definition) is 2. The van der Waals surface area contributed by atoms with Gasteiger partial charge >= 0.3 is 0 Å². The van der Waals surface area contributed by atoms with Gasteiger partial charge in [-0.2, -0.15) is 0 Å². The van der Waals surface area contributed by atoms with E-state index < -0.39 is 0 Å². The first kappa shape index (κ1) is 21.4. The molecule has 160 valence electrons. The zero-order chi connectivity index (χ0) is 22.5. The zero-order valence-electron chi connectivity index (χ0n) is 17.3. The Labute approximate surface area is 189 Å². The first-order valence-electron chi connectivity index (χ1n) is 9.95. The highest BCUT2D eigenvalue weighted by molar-refractivity contribution is 7.13. The average molecular weight is 446 g/mol. The number of aryl methyl sites for hydroxylation is 1. The number of nitrogens with one attached hydrogen (secondary N) is 2. The molecule has 4 rings (SSSR count). The van der Waals surface area contributed by atoms with Gasteiger partial charge in [0.25, 0.3) is 5.91 Å². The van der Waals surface area contributed by atoms with Crippen LogP contribution in [0.15, 0.2) is 78.2 Å². The van der Waals surface area contributed by atoms with Gasteiger partial charge < -0.3 is 10.6 Å². The van der Waals surface area contributed by atoms with Crippen LogP contribution >= 0.6 is 11.3 Å². The summed E-state index contributed by atoms with van der Waals surface area (Å²) in [5, 5.41) is 8.07. The average Bonchev–Trinajstić information content (AvgIpc) is 3.22. The van der Waals surface area contributed by atoms with Gasteiger partial charge in [-0.15, -0.1) is 11.3 Å². The van der Waals surface area contributed by atoms with E-state index in [1.165, 1.54) is 23.5 Å². The summed E-state index contributed by atoms with van der Waals surface area (Å²) < 4.78 is 13.5. The summed E-state index contributed by atoms with van der Waals surface area (Å²) in [5.41, 5.74) is 3.74. The Balaban J connectivity index is 1.44. The van der Waals surface area contributed by atoms with Gasteiger partial charge in [0.05, 0.1) is 23.4 Å². The fourth-order valence-corrected chi connectivity index (χ4v) is 4.03. The smallest absolute Gasteiger partial charge is 0.257 e. The highest BCUT2D eigenvalue weighted by Gasteiger charge is 2.15. The van der Waals surface area contributed by atoms with Gasteiger partial charge in [0.1, 0.15) is 10.8 Å². The number of para-hydroxylation sites is 1. The maximum Gasteiger partial charge on any atom is 0.257 e. The topological polar surface area (TPSA) is 71.1 Å². The standard InChI is InChI=1S/C25H20FN3O2S/c1-16-6-4-9-19(12-16)27-24(31)21-10-2-3-11-22(21)29-23(30)14-20-15-32-25(28-20)17-7-5-8-18(26)13-17/h2-13,15H,14H2,1H3,(H,27,31)(H,29,30). The van der Waals surface area contributed by atoms with Crippen LogP contribution in [0.2, 0.25) is 0 Å². The number of amides is 2. The third kappa shape index (κ3) is 5.25. The highest BCUT2D eigenvalue weighted by Crippen LogP contribution is 2.25. The number of thiazole rings is 1. The van der Waals surface area contributed by atoms with E-state index in [4.69, 9.17) is 0 Å². The van der Waals surface area contributed by atoms with Crippen LogP contribution in [0.5, 0.6) is 0 Å². The predicted octanol–water partition coefficient (Wildman–Crippen LogP) is 5.69. The third-order valence-corrected chi connectivity index (χ3v) is 5.63. The maximum absolute atomic E-state index is 13.5. The number of rotatable bonds is 6. The van der Waals surface area contributed by atoms with Gasteiger partial charge in [0, 0.05) is 16.6 Å². The molecule has 0 aliphatic carbocycles. The summed E-state index contributed by atoms with van der Waals surface area (Å²) in [6.45, 7) is 1.95. The van der Waals surface area contributed by atoms with E-state index in [1.54, 1.807) is 41.8 Å². The zero-order valence-corrected chi connectivity index (χ0v) is 18.1. The van der Waals surface area contributed by atoms with Crippen molar-refractivity contribution in [1.29, 1.82) is 0 Å². The highest BCUT2D eigenvalue weighted by atomic mass is 32.1. The van der Waals surface area contributed by atoms with E-state index in [1.807, 2.05) is 31.2 Å². The van der Waals surface area contributed by atoms with Crippen LogP contribution in [0.4, 0.5) is 15.8 Å². The van der Waals surface area contributed by atoms with E-state index in [-0.39, 0.29) is 24.1 Å². The van der Waals surface area contributed by atoms with E-state index in [0.717, 1.165) is 5.56 Å². The second-order valence-electron chi connectivity index (χ2n) is 7.25. The molecule has 0 saturated carbocycles. The van der Waals surface area contributed by atoms with Crippen molar-refractivity contribution in [3.05, 3.63) is 101 Å². The maximum atomic E-state index is 13.5. The number of halogens is 1. The predicted molar refractivity (Wildman–Crippen MR) is 125 cm³/mol. The number of carbonyl (C=O) groups excluding carboxylic acids is 2. The lowest BCUT2D eigenvalue weighted by atomic mass is 10.1. The van der Waals surface area contributed by atoms with Crippen molar-refractivity contribution in [1.82, 2.24) is 4.98 Å². The summed E-state index contributed by atoms with van der Waals surface area (Å²) in [6, 6.07) is 20.5.